The molecule has 3 N–H and O–H groups in total. The van der Waals surface area contributed by atoms with E-state index >= 15 is 0 Å². The standard InChI is InChI=1S/C8H19N3O2S/c1-7(2)11-4-3-8(6-11)5-10-14(9,12)13/h7-8,10H,3-6H2,1-2H3,(H2,9,12,13). The van der Waals surface area contributed by atoms with E-state index in [0.29, 0.717) is 18.5 Å². The molecule has 1 aliphatic heterocycles. The van der Waals surface area contributed by atoms with E-state index in [4.69, 9.17) is 5.14 Å². The Morgan fingerprint density at radius 1 is 1.57 bits per heavy atom. The number of rotatable bonds is 4. The molecule has 84 valence electrons. The maximum Gasteiger partial charge on any atom is 0.274 e. The molecule has 0 aliphatic carbocycles. The summed E-state index contributed by atoms with van der Waals surface area (Å²) < 4.78 is 23.7. The fraction of sp³-hybridized carbons (Fsp3) is 1.00. The molecule has 1 saturated heterocycles. The minimum atomic E-state index is -3.52. The summed E-state index contributed by atoms with van der Waals surface area (Å²) in [6, 6.07) is 0.537. The second kappa shape index (κ2) is 4.57. The van der Waals surface area contributed by atoms with E-state index in [1.54, 1.807) is 0 Å². The molecule has 1 unspecified atom stereocenters. The molecule has 1 rings (SSSR count). The lowest BCUT2D eigenvalue weighted by molar-refractivity contribution is 0.265. The van der Waals surface area contributed by atoms with Crippen molar-refractivity contribution in [1.29, 1.82) is 0 Å². The first kappa shape index (κ1) is 11.9. The second-order valence-corrected chi connectivity index (χ2v) is 5.52. The Kier molecular flexibility index (Phi) is 3.88. The quantitative estimate of drug-likeness (QED) is 0.672. The summed E-state index contributed by atoms with van der Waals surface area (Å²) in [5.74, 6) is 0.399. The van der Waals surface area contributed by atoms with Crippen LogP contribution in [0.25, 0.3) is 0 Å². The summed E-state index contributed by atoms with van der Waals surface area (Å²) in [5, 5.41) is 4.86. The van der Waals surface area contributed by atoms with E-state index in [-0.39, 0.29) is 0 Å². The Morgan fingerprint density at radius 3 is 2.64 bits per heavy atom. The van der Waals surface area contributed by atoms with Crippen LogP contribution in [0.5, 0.6) is 0 Å². The minimum Gasteiger partial charge on any atom is -0.301 e. The molecule has 0 aromatic carbocycles. The average Bonchev–Trinajstić information content (AvgIpc) is 2.47. The van der Waals surface area contributed by atoms with Crippen molar-refractivity contribution in [3.05, 3.63) is 0 Å². The molecule has 0 bridgehead atoms. The Morgan fingerprint density at radius 2 is 2.21 bits per heavy atom. The largest absolute Gasteiger partial charge is 0.301 e. The molecule has 0 spiro atoms. The van der Waals surface area contributed by atoms with Gasteiger partial charge in [0.25, 0.3) is 10.2 Å². The minimum absolute atomic E-state index is 0.399. The molecule has 0 radical (unpaired) electrons. The van der Waals surface area contributed by atoms with Crippen LogP contribution in [0.2, 0.25) is 0 Å². The molecule has 1 fully saturated rings. The van der Waals surface area contributed by atoms with Crippen molar-refractivity contribution in [2.75, 3.05) is 19.6 Å². The summed E-state index contributed by atoms with van der Waals surface area (Å²) in [7, 11) is -3.52. The van der Waals surface area contributed by atoms with Gasteiger partial charge in [-0.1, -0.05) is 0 Å². The zero-order valence-corrected chi connectivity index (χ0v) is 9.55. The van der Waals surface area contributed by atoms with E-state index in [0.717, 1.165) is 19.5 Å². The normalized spacial score (nSPS) is 24.7. The van der Waals surface area contributed by atoms with Crippen molar-refractivity contribution in [3.8, 4) is 0 Å². The van der Waals surface area contributed by atoms with Crippen LogP contribution in [-0.4, -0.2) is 39.0 Å². The summed E-state index contributed by atoms with van der Waals surface area (Å²) in [6.07, 6.45) is 1.04. The van der Waals surface area contributed by atoms with Crippen molar-refractivity contribution in [3.63, 3.8) is 0 Å². The Labute approximate surface area is 85.8 Å². The molecule has 0 aromatic rings. The molecule has 0 saturated carbocycles. The molecule has 0 aromatic heterocycles. The van der Waals surface area contributed by atoms with Crippen LogP contribution in [0.1, 0.15) is 20.3 Å². The first-order valence-electron chi connectivity index (χ1n) is 4.90. The van der Waals surface area contributed by atoms with Gasteiger partial charge in [-0.25, -0.2) is 9.86 Å². The summed E-state index contributed by atoms with van der Waals surface area (Å²) >= 11 is 0. The summed E-state index contributed by atoms with van der Waals surface area (Å²) in [4.78, 5) is 2.34. The lowest BCUT2D eigenvalue weighted by Gasteiger charge is -2.20. The SMILES string of the molecule is CC(C)N1CCC(CNS(N)(=O)=O)C1. The maximum atomic E-state index is 10.7. The molecule has 1 atom stereocenters. The molecule has 14 heavy (non-hydrogen) atoms. The molecule has 0 amide bonds. The lowest BCUT2D eigenvalue weighted by Crippen LogP contribution is -2.36. The molecule has 1 heterocycles. The highest BCUT2D eigenvalue weighted by Gasteiger charge is 2.24. The maximum absolute atomic E-state index is 10.7. The number of likely N-dealkylation sites (tertiary alicyclic amines) is 1. The molecular weight excluding hydrogens is 202 g/mol. The first-order valence-corrected chi connectivity index (χ1v) is 6.44. The number of hydrogen-bond donors (Lipinski definition) is 2. The predicted molar refractivity (Wildman–Crippen MR) is 55.9 cm³/mol. The van der Waals surface area contributed by atoms with Gasteiger partial charge >= 0.3 is 0 Å². The Balaban J connectivity index is 2.30. The van der Waals surface area contributed by atoms with Crippen LogP contribution in [0, 0.1) is 5.92 Å². The van der Waals surface area contributed by atoms with Crippen molar-refractivity contribution >= 4 is 10.2 Å². The topological polar surface area (TPSA) is 75.4 Å². The van der Waals surface area contributed by atoms with Gasteiger partial charge in [-0.3, -0.25) is 0 Å². The number of nitrogens with zero attached hydrogens (tertiary/aromatic N) is 1. The summed E-state index contributed by atoms with van der Waals surface area (Å²) in [5.41, 5.74) is 0. The van der Waals surface area contributed by atoms with E-state index in [1.807, 2.05) is 0 Å². The van der Waals surface area contributed by atoms with Crippen molar-refractivity contribution in [2.24, 2.45) is 11.1 Å². The molecular formula is C8H19N3O2S. The van der Waals surface area contributed by atoms with Crippen molar-refractivity contribution in [1.82, 2.24) is 9.62 Å². The molecule has 5 nitrogen and oxygen atoms in total. The highest BCUT2D eigenvalue weighted by molar-refractivity contribution is 7.87. The average molecular weight is 221 g/mol. The third-order valence-corrected chi connectivity index (χ3v) is 3.19. The van der Waals surface area contributed by atoms with Gasteiger partial charge in [0.2, 0.25) is 0 Å². The predicted octanol–water partition coefficient (Wildman–Crippen LogP) is -0.490. The first-order chi connectivity index (χ1) is 6.38. The number of nitrogens with one attached hydrogen (secondary N) is 1. The van der Waals surface area contributed by atoms with Crippen LogP contribution in [0.4, 0.5) is 0 Å². The van der Waals surface area contributed by atoms with Gasteiger partial charge in [0.1, 0.15) is 0 Å². The lowest BCUT2D eigenvalue weighted by atomic mass is 10.1. The Hall–Kier alpha value is -0.170. The number of nitrogens with two attached hydrogens (primary N) is 1. The van der Waals surface area contributed by atoms with Gasteiger partial charge in [-0.05, 0) is 32.7 Å². The van der Waals surface area contributed by atoms with E-state index in [2.05, 4.69) is 23.5 Å². The zero-order chi connectivity index (χ0) is 10.8. The number of hydrogen-bond acceptors (Lipinski definition) is 3. The highest BCUT2D eigenvalue weighted by atomic mass is 32.2. The zero-order valence-electron chi connectivity index (χ0n) is 8.73. The highest BCUT2D eigenvalue weighted by Crippen LogP contribution is 2.17. The monoisotopic (exact) mass is 221 g/mol. The third-order valence-electron chi connectivity index (χ3n) is 2.62. The molecule has 1 aliphatic rings. The van der Waals surface area contributed by atoms with Gasteiger partial charge in [-0.2, -0.15) is 8.42 Å². The molecule has 6 heteroatoms. The van der Waals surface area contributed by atoms with Crippen LogP contribution < -0.4 is 9.86 Å². The van der Waals surface area contributed by atoms with Gasteiger partial charge in [0.05, 0.1) is 0 Å². The van der Waals surface area contributed by atoms with E-state index in [9.17, 15) is 8.42 Å². The summed E-state index contributed by atoms with van der Waals surface area (Å²) in [6.45, 7) is 6.77. The van der Waals surface area contributed by atoms with Gasteiger partial charge in [0.15, 0.2) is 0 Å². The van der Waals surface area contributed by atoms with Crippen LogP contribution in [0.3, 0.4) is 0 Å². The fourth-order valence-corrected chi connectivity index (χ4v) is 2.20. The van der Waals surface area contributed by atoms with E-state index in [1.165, 1.54) is 0 Å². The fourth-order valence-electron chi connectivity index (χ4n) is 1.73. The van der Waals surface area contributed by atoms with Crippen LogP contribution in [-0.2, 0) is 10.2 Å². The van der Waals surface area contributed by atoms with Crippen LogP contribution in [0.15, 0.2) is 0 Å². The van der Waals surface area contributed by atoms with E-state index < -0.39 is 10.2 Å². The van der Waals surface area contributed by atoms with Crippen LogP contribution >= 0.6 is 0 Å². The third kappa shape index (κ3) is 3.91. The van der Waals surface area contributed by atoms with Gasteiger partial charge in [-0.15, -0.1) is 0 Å². The van der Waals surface area contributed by atoms with Gasteiger partial charge < -0.3 is 4.90 Å². The Bertz CT molecular complexity index is 276. The smallest absolute Gasteiger partial charge is 0.274 e. The second-order valence-electron chi connectivity index (χ2n) is 4.14. The van der Waals surface area contributed by atoms with Gasteiger partial charge in [0, 0.05) is 19.1 Å². The van der Waals surface area contributed by atoms with Crippen molar-refractivity contribution in [2.45, 2.75) is 26.3 Å². The van der Waals surface area contributed by atoms with Crippen molar-refractivity contribution < 1.29 is 8.42 Å².